The Balaban J connectivity index is 1.54. The summed E-state index contributed by atoms with van der Waals surface area (Å²) < 4.78 is 39.7. The fourth-order valence-corrected chi connectivity index (χ4v) is 3.91. The zero-order valence-electron chi connectivity index (χ0n) is 13.4. The van der Waals surface area contributed by atoms with E-state index in [1.54, 1.807) is 0 Å². The van der Waals surface area contributed by atoms with E-state index in [0.717, 1.165) is 30.8 Å². The van der Waals surface area contributed by atoms with Gasteiger partial charge in [0.2, 0.25) is 10.0 Å². The van der Waals surface area contributed by atoms with Crippen molar-refractivity contribution >= 4 is 15.7 Å². The number of halogens is 1. The van der Waals surface area contributed by atoms with E-state index in [2.05, 4.69) is 21.8 Å². The number of nitrogens with zero attached hydrogens (tertiary/aromatic N) is 1. The van der Waals surface area contributed by atoms with Crippen LogP contribution in [-0.4, -0.2) is 28.1 Å². The summed E-state index contributed by atoms with van der Waals surface area (Å²) in [6.45, 7) is 2.52. The number of hydrogen-bond donors (Lipinski definition) is 1. The van der Waals surface area contributed by atoms with Crippen molar-refractivity contribution in [1.82, 2.24) is 4.72 Å². The van der Waals surface area contributed by atoms with Crippen molar-refractivity contribution in [2.75, 3.05) is 24.5 Å². The van der Waals surface area contributed by atoms with E-state index in [9.17, 15) is 12.8 Å². The molecule has 0 radical (unpaired) electrons. The molecule has 2 aromatic carbocycles. The number of sulfonamides is 1. The lowest BCUT2D eigenvalue weighted by molar-refractivity contribution is 0.580. The second-order valence-electron chi connectivity index (χ2n) is 5.96. The number of rotatable bonds is 6. The fraction of sp³-hybridized carbons (Fsp3) is 0.333. The topological polar surface area (TPSA) is 49.4 Å². The minimum atomic E-state index is -3.59. The molecule has 1 aliphatic heterocycles. The summed E-state index contributed by atoms with van der Waals surface area (Å²) in [7, 11) is -3.59. The van der Waals surface area contributed by atoms with Crippen molar-refractivity contribution in [3.63, 3.8) is 0 Å². The van der Waals surface area contributed by atoms with Crippen molar-refractivity contribution in [1.29, 1.82) is 0 Å². The van der Waals surface area contributed by atoms with Gasteiger partial charge in [0.05, 0.1) is 4.90 Å². The quantitative estimate of drug-likeness (QED) is 0.873. The minimum Gasteiger partial charge on any atom is -0.372 e. The lowest BCUT2D eigenvalue weighted by atomic mass is 10.1. The first-order valence-electron chi connectivity index (χ1n) is 8.14. The third kappa shape index (κ3) is 4.13. The highest BCUT2D eigenvalue weighted by molar-refractivity contribution is 7.89. The Bertz CT molecular complexity index is 768. The Labute approximate surface area is 142 Å². The molecule has 2 aromatic rings. The van der Waals surface area contributed by atoms with Crippen LogP contribution < -0.4 is 9.62 Å². The molecular weight excluding hydrogens is 327 g/mol. The van der Waals surface area contributed by atoms with Crippen LogP contribution in [0.25, 0.3) is 0 Å². The number of nitrogens with one attached hydrogen (secondary N) is 1. The first-order valence-corrected chi connectivity index (χ1v) is 9.62. The molecule has 0 bridgehead atoms. The van der Waals surface area contributed by atoms with Crippen molar-refractivity contribution in [3.05, 3.63) is 59.9 Å². The average molecular weight is 348 g/mol. The molecular formula is C18H21FN2O2S. The second kappa shape index (κ2) is 7.32. The van der Waals surface area contributed by atoms with Crippen LogP contribution in [-0.2, 0) is 16.4 Å². The van der Waals surface area contributed by atoms with Gasteiger partial charge in [0.1, 0.15) is 5.82 Å². The Morgan fingerprint density at radius 2 is 1.58 bits per heavy atom. The highest BCUT2D eigenvalue weighted by atomic mass is 32.2. The third-order valence-electron chi connectivity index (χ3n) is 4.24. The van der Waals surface area contributed by atoms with E-state index in [1.165, 1.54) is 30.7 Å². The largest absolute Gasteiger partial charge is 0.372 e. The molecule has 0 spiro atoms. The highest BCUT2D eigenvalue weighted by Gasteiger charge is 2.14. The van der Waals surface area contributed by atoms with Crippen LogP contribution in [0, 0.1) is 5.82 Å². The summed E-state index contributed by atoms with van der Waals surface area (Å²) in [5.74, 6) is -0.452. The van der Waals surface area contributed by atoms with Crippen LogP contribution in [0.1, 0.15) is 18.4 Å². The van der Waals surface area contributed by atoms with Crippen LogP contribution in [0.15, 0.2) is 53.4 Å². The monoisotopic (exact) mass is 348 g/mol. The Morgan fingerprint density at radius 3 is 2.21 bits per heavy atom. The molecule has 1 N–H and O–H groups in total. The van der Waals surface area contributed by atoms with Crippen LogP contribution in [0.2, 0.25) is 0 Å². The molecule has 4 nitrogen and oxygen atoms in total. The fourth-order valence-electron chi connectivity index (χ4n) is 2.88. The van der Waals surface area contributed by atoms with E-state index >= 15 is 0 Å². The normalized spacial score (nSPS) is 15.0. The number of benzene rings is 2. The molecule has 1 heterocycles. The third-order valence-corrected chi connectivity index (χ3v) is 5.71. The molecule has 0 aliphatic carbocycles. The van der Waals surface area contributed by atoms with E-state index in [-0.39, 0.29) is 4.90 Å². The highest BCUT2D eigenvalue weighted by Crippen LogP contribution is 2.20. The lowest BCUT2D eigenvalue weighted by Gasteiger charge is -2.17. The van der Waals surface area contributed by atoms with E-state index in [0.29, 0.717) is 13.0 Å². The van der Waals surface area contributed by atoms with Gasteiger partial charge in [-0.2, -0.15) is 0 Å². The van der Waals surface area contributed by atoms with E-state index in [4.69, 9.17) is 0 Å². The number of anilines is 1. The van der Waals surface area contributed by atoms with Crippen LogP contribution in [0.4, 0.5) is 10.1 Å². The maximum absolute atomic E-state index is 12.9. The molecule has 0 atom stereocenters. The smallest absolute Gasteiger partial charge is 0.240 e. The first kappa shape index (κ1) is 16.9. The zero-order valence-corrected chi connectivity index (χ0v) is 14.2. The average Bonchev–Trinajstić information content (AvgIpc) is 3.10. The Kier molecular flexibility index (Phi) is 5.16. The van der Waals surface area contributed by atoms with Gasteiger partial charge in [0.15, 0.2) is 0 Å². The van der Waals surface area contributed by atoms with Gasteiger partial charge in [-0.05, 0) is 61.2 Å². The van der Waals surface area contributed by atoms with Crippen molar-refractivity contribution in [2.45, 2.75) is 24.2 Å². The minimum absolute atomic E-state index is 0.0771. The molecule has 1 saturated heterocycles. The number of hydrogen-bond acceptors (Lipinski definition) is 3. The molecule has 0 saturated carbocycles. The maximum atomic E-state index is 12.9. The molecule has 24 heavy (non-hydrogen) atoms. The Hall–Kier alpha value is -1.92. The van der Waals surface area contributed by atoms with E-state index in [1.807, 2.05) is 12.1 Å². The molecule has 0 amide bonds. The summed E-state index contributed by atoms with van der Waals surface area (Å²) in [6.07, 6.45) is 3.10. The lowest BCUT2D eigenvalue weighted by Crippen LogP contribution is -2.26. The predicted octanol–water partition coefficient (Wildman–Crippen LogP) is 2.95. The zero-order chi connectivity index (χ0) is 17.0. The molecule has 1 aliphatic rings. The maximum Gasteiger partial charge on any atom is 0.240 e. The molecule has 0 aromatic heterocycles. The van der Waals surface area contributed by atoms with Crippen molar-refractivity contribution in [2.24, 2.45) is 0 Å². The van der Waals surface area contributed by atoms with Gasteiger partial charge in [-0.1, -0.05) is 12.1 Å². The standard InChI is InChI=1S/C18H21FN2O2S/c19-16-5-9-18(10-6-16)24(22,23)20-12-11-15-3-7-17(8-4-15)21-13-1-2-14-21/h3-10,20H,1-2,11-14H2. The molecule has 6 heteroatoms. The molecule has 0 unspecified atom stereocenters. The van der Waals surface area contributed by atoms with Crippen molar-refractivity contribution in [3.8, 4) is 0 Å². The summed E-state index contributed by atoms with van der Waals surface area (Å²) in [5, 5.41) is 0. The van der Waals surface area contributed by atoms with Crippen molar-refractivity contribution < 1.29 is 12.8 Å². The molecule has 3 rings (SSSR count). The van der Waals surface area contributed by atoms with Gasteiger partial charge in [-0.25, -0.2) is 17.5 Å². The summed E-state index contributed by atoms with van der Waals surface area (Å²) in [6, 6.07) is 13.1. The van der Waals surface area contributed by atoms with Gasteiger partial charge in [0.25, 0.3) is 0 Å². The summed E-state index contributed by atoms with van der Waals surface area (Å²) in [4.78, 5) is 2.44. The predicted molar refractivity (Wildman–Crippen MR) is 93.2 cm³/mol. The SMILES string of the molecule is O=S(=O)(NCCc1ccc(N2CCCC2)cc1)c1ccc(F)cc1. The van der Waals surface area contributed by atoms with Crippen LogP contribution in [0.3, 0.4) is 0 Å². The molecule has 128 valence electrons. The van der Waals surface area contributed by atoms with Gasteiger partial charge in [-0.3, -0.25) is 0 Å². The first-order chi connectivity index (χ1) is 11.5. The molecule has 1 fully saturated rings. The second-order valence-corrected chi connectivity index (χ2v) is 7.73. The van der Waals surface area contributed by atoms with Gasteiger partial charge in [-0.15, -0.1) is 0 Å². The van der Waals surface area contributed by atoms with Gasteiger partial charge < -0.3 is 4.90 Å². The van der Waals surface area contributed by atoms with Gasteiger partial charge >= 0.3 is 0 Å². The summed E-state index contributed by atoms with van der Waals surface area (Å²) >= 11 is 0. The van der Waals surface area contributed by atoms with Crippen LogP contribution in [0.5, 0.6) is 0 Å². The Morgan fingerprint density at radius 1 is 0.958 bits per heavy atom. The summed E-state index contributed by atoms with van der Waals surface area (Å²) in [5.41, 5.74) is 2.31. The van der Waals surface area contributed by atoms with Gasteiger partial charge in [0, 0.05) is 25.3 Å². The van der Waals surface area contributed by atoms with Crippen LogP contribution >= 0.6 is 0 Å². The van der Waals surface area contributed by atoms with E-state index < -0.39 is 15.8 Å².